The number of esters is 2. The first-order chi connectivity index (χ1) is 10.6. The summed E-state index contributed by atoms with van der Waals surface area (Å²) in [7, 11) is 0. The van der Waals surface area contributed by atoms with Gasteiger partial charge in [0.25, 0.3) is 0 Å². The minimum atomic E-state index is -0.585. The average Bonchev–Trinajstić information content (AvgIpc) is 2.54. The third kappa shape index (κ3) is 4.09. The first-order valence-corrected chi connectivity index (χ1v) is 7.23. The predicted molar refractivity (Wildman–Crippen MR) is 83.4 cm³/mol. The molecule has 0 aliphatic rings. The zero-order valence-corrected chi connectivity index (χ0v) is 12.8. The van der Waals surface area contributed by atoms with E-state index in [1.807, 2.05) is 6.92 Å². The van der Waals surface area contributed by atoms with E-state index in [0.717, 1.165) is 6.42 Å². The number of rotatable bonds is 5. The number of carbonyl (C=O) groups is 2. The summed E-state index contributed by atoms with van der Waals surface area (Å²) < 4.78 is 10.3. The van der Waals surface area contributed by atoms with E-state index in [9.17, 15) is 9.59 Å². The third-order valence-electron chi connectivity index (χ3n) is 2.81. The van der Waals surface area contributed by atoms with Crippen molar-refractivity contribution in [3.63, 3.8) is 0 Å². The highest BCUT2D eigenvalue weighted by Crippen LogP contribution is 2.24. The Morgan fingerprint density at radius 1 is 1.00 bits per heavy atom. The zero-order chi connectivity index (χ0) is 15.9. The summed E-state index contributed by atoms with van der Waals surface area (Å²) in [5, 5.41) is 0.342. The van der Waals surface area contributed by atoms with Crippen LogP contribution in [0, 0.1) is 0 Å². The molecule has 0 unspecified atom stereocenters. The minimum absolute atomic E-state index is 0.255. The Morgan fingerprint density at radius 2 is 1.68 bits per heavy atom. The Bertz CT molecular complexity index is 682. The molecule has 2 rings (SSSR count). The molecule has 0 atom stereocenters. The number of hydrogen-bond donors (Lipinski definition) is 0. The first kappa shape index (κ1) is 16.0. The van der Waals surface area contributed by atoms with E-state index in [2.05, 4.69) is 0 Å². The lowest BCUT2D eigenvalue weighted by Crippen LogP contribution is -2.11. The Kier molecular flexibility index (Phi) is 5.55. The van der Waals surface area contributed by atoms with Gasteiger partial charge in [0.15, 0.2) is 0 Å². The number of benzene rings is 2. The summed E-state index contributed by atoms with van der Waals surface area (Å²) in [4.78, 5) is 23.9. The van der Waals surface area contributed by atoms with Crippen molar-refractivity contribution in [1.29, 1.82) is 0 Å². The van der Waals surface area contributed by atoms with Gasteiger partial charge >= 0.3 is 11.9 Å². The molecule has 0 heterocycles. The Morgan fingerprint density at radius 3 is 2.36 bits per heavy atom. The molecule has 0 spiro atoms. The number of para-hydroxylation sites is 1. The van der Waals surface area contributed by atoms with Crippen LogP contribution >= 0.6 is 11.6 Å². The molecule has 0 bridgehead atoms. The molecule has 5 heteroatoms. The van der Waals surface area contributed by atoms with Gasteiger partial charge in [0.05, 0.1) is 22.8 Å². The van der Waals surface area contributed by atoms with Gasteiger partial charge in [-0.25, -0.2) is 9.59 Å². The fourth-order valence-corrected chi connectivity index (χ4v) is 1.91. The Balaban J connectivity index is 2.13. The topological polar surface area (TPSA) is 52.6 Å². The second-order valence-corrected chi connectivity index (χ2v) is 4.94. The van der Waals surface area contributed by atoms with Crippen molar-refractivity contribution in [2.45, 2.75) is 13.3 Å². The fourth-order valence-electron chi connectivity index (χ4n) is 1.74. The first-order valence-electron chi connectivity index (χ1n) is 6.85. The monoisotopic (exact) mass is 318 g/mol. The van der Waals surface area contributed by atoms with E-state index < -0.39 is 11.9 Å². The van der Waals surface area contributed by atoms with Gasteiger partial charge in [-0.2, -0.15) is 0 Å². The summed E-state index contributed by atoms with van der Waals surface area (Å²) in [5.41, 5.74) is 0.563. The van der Waals surface area contributed by atoms with Crippen molar-refractivity contribution in [2.75, 3.05) is 6.61 Å². The maximum absolute atomic E-state index is 12.1. The van der Waals surface area contributed by atoms with Gasteiger partial charge in [0.1, 0.15) is 5.75 Å². The fraction of sp³-hybridized carbons (Fsp3) is 0.176. The molecule has 0 amide bonds. The van der Waals surface area contributed by atoms with Crippen LogP contribution in [-0.2, 0) is 4.74 Å². The van der Waals surface area contributed by atoms with Crippen LogP contribution in [0.3, 0.4) is 0 Å². The average molecular weight is 319 g/mol. The van der Waals surface area contributed by atoms with Crippen LogP contribution < -0.4 is 4.74 Å². The lowest BCUT2D eigenvalue weighted by molar-refractivity contribution is 0.0505. The quantitative estimate of drug-likeness (QED) is 0.614. The van der Waals surface area contributed by atoms with Crippen LogP contribution in [0.2, 0.25) is 5.02 Å². The van der Waals surface area contributed by atoms with Crippen molar-refractivity contribution in [1.82, 2.24) is 0 Å². The maximum Gasteiger partial charge on any atom is 0.343 e. The van der Waals surface area contributed by atoms with E-state index in [0.29, 0.717) is 17.2 Å². The smallest absolute Gasteiger partial charge is 0.343 e. The van der Waals surface area contributed by atoms with Crippen molar-refractivity contribution in [3.05, 3.63) is 64.7 Å². The molecule has 0 fully saturated rings. The normalized spacial score (nSPS) is 10.1. The van der Waals surface area contributed by atoms with Crippen LogP contribution in [0.5, 0.6) is 5.75 Å². The molecule has 0 aliphatic heterocycles. The van der Waals surface area contributed by atoms with E-state index in [4.69, 9.17) is 21.1 Å². The lowest BCUT2D eigenvalue weighted by atomic mass is 10.1. The van der Waals surface area contributed by atoms with Gasteiger partial charge in [-0.1, -0.05) is 36.7 Å². The van der Waals surface area contributed by atoms with Crippen molar-refractivity contribution in [3.8, 4) is 5.75 Å². The van der Waals surface area contributed by atoms with E-state index in [-0.39, 0.29) is 11.3 Å². The lowest BCUT2D eigenvalue weighted by Gasteiger charge is -2.07. The molecule has 0 N–H and O–H groups in total. The van der Waals surface area contributed by atoms with Gasteiger partial charge < -0.3 is 9.47 Å². The van der Waals surface area contributed by atoms with Gasteiger partial charge in [-0.15, -0.1) is 0 Å². The van der Waals surface area contributed by atoms with Crippen LogP contribution in [0.4, 0.5) is 0 Å². The molecular weight excluding hydrogens is 304 g/mol. The molecular formula is C17H15ClO4. The highest BCUT2D eigenvalue weighted by molar-refractivity contribution is 6.32. The van der Waals surface area contributed by atoms with Gasteiger partial charge in [-0.05, 0) is 36.8 Å². The Labute approximate surface area is 133 Å². The summed E-state index contributed by atoms with van der Waals surface area (Å²) in [6.07, 6.45) is 0.736. The number of carbonyl (C=O) groups excluding carboxylic acids is 2. The standard InChI is InChI=1S/C17H15ClO4/c1-2-10-21-16(19)12-6-5-7-13(11-12)17(20)22-15-9-4-3-8-14(15)18/h3-9,11H,2,10H2,1H3. The maximum atomic E-state index is 12.1. The summed E-state index contributed by atoms with van der Waals surface area (Å²) in [5.74, 6) is -0.777. The van der Waals surface area contributed by atoms with E-state index in [1.54, 1.807) is 42.5 Å². The molecule has 0 saturated heterocycles. The zero-order valence-electron chi connectivity index (χ0n) is 12.0. The number of ether oxygens (including phenoxy) is 2. The SMILES string of the molecule is CCCOC(=O)c1cccc(C(=O)Oc2ccccc2Cl)c1. The summed E-state index contributed by atoms with van der Waals surface area (Å²) >= 11 is 5.94. The molecule has 0 aliphatic carbocycles. The number of halogens is 1. The third-order valence-corrected chi connectivity index (χ3v) is 3.12. The minimum Gasteiger partial charge on any atom is -0.462 e. The van der Waals surface area contributed by atoms with Crippen LogP contribution in [0.25, 0.3) is 0 Å². The molecule has 0 saturated carbocycles. The van der Waals surface area contributed by atoms with Gasteiger partial charge in [-0.3, -0.25) is 0 Å². The molecule has 2 aromatic carbocycles. The van der Waals surface area contributed by atoms with Crippen molar-refractivity contribution >= 4 is 23.5 Å². The van der Waals surface area contributed by atoms with Crippen molar-refractivity contribution in [2.24, 2.45) is 0 Å². The second kappa shape index (κ2) is 7.61. The molecule has 114 valence electrons. The molecule has 0 radical (unpaired) electrons. The Hall–Kier alpha value is -2.33. The van der Waals surface area contributed by atoms with Crippen LogP contribution in [-0.4, -0.2) is 18.5 Å². The second-order valence-electron chi connectivity index (χ2n) is 4.54. The summed E-state index contributed by atoms with van der Waals surface area (Å²) in [6, 6.07) is 12.9. The van der Waals surface area contributed by atoms with E-state index >= 15 is 0 Å². The predicted octanol–water partition coefficient (Wildman–Crippen LogP) is 4.13. The summed E-state index contributed by atoms with van der Waals surface area (Å²) in [6.45, 7) is 2.25. The highest BCUT2D eigenvalue weighted by Gasteiger charge is 2.14. The molecule has 4 nitrogen and oxygen atoms in total. The highest BCUT2D eigenvalue weighted by atomic mass is 35.5. The van der Waals surface area contributed by atoms with Crippen LogP contribution in [0.15, 0.2) is 48.5 Å². The molecule has 22 heavy (non-hydrogen) atoms. The van der Waals surface area contributed by atoms with Gasteiger partial charge in [0, 0.05) is 0 Å². The van der Waals surface area contributed by atoms with Crippen LogP contribution in [0.1, 0.15) is 34.1 Å². The van der Waals surface area contributed by atoms with E-state index in [1.165, 1.54) is 6.07 Å². The van der Waals surface area contributed by atoms with Gasteiger partial charge in [0.2, 0.25) is 0 Å². The van der Waals surface area contributed by atoms with Crippen molar-refractivity contribution < 1.29 is 19.1 Å². The molecule has 2 aromatic rings. The molecule has 0 aromatic heterocycles. The number of hydrogen-bond acceptors (Lipinski definition) is 4. The largest absolute Gasteiger partial charge is 0.462 e.